The summed E-state index contributed by atoms with van der Waals surface area (Å²) in [6, 6.07) is 3.12. The summed E-state index contributed by atoms with van der Waals surface area (Å²) in [6.07, 6.45) is -2.52. The zero-order valence-corrected chi connectivity index (χ0v) is 13.7. The highest BCUT2D eigenvalue weighted by molar-refractivity contribution is 6.39. The predicted octanol–water partition coefficient (Wildman–Crippen LogP) is 3.21. The van der Waals surface area contributed by atoms with Gasteiger partial charge in [-0.2, -0.15) is 13.2 Å². The van der Waals surface area contributed by atoms with Gasteiger partial charge in [-0.05, 0) is 39.0 Å². The lowest BCUT2D eigenvalue weighted by molar-refractivity contribution is -0.137. The van der Waals surface area contributed by atoms with Gasteiger partial charge in [0.15, 0.2) is 12.2 Å². The topological polar surface area (TPSA) is 84.2 Å². The number of aromatic nitrogens is 1. The highest BCUT2D eigenvalue weighted by Gasteiger charge is 2.35. The van der Waals surface area contributed by atoms with Gasteiger partial charge in [-0.25, -0.2) is 4.98 Å². The fourth-order valence-electron chi connectivity index (χ4n) is 2.01. The number of hydrogen-bond donors (Lipinski definition) is 2. The number of nitrogens with zero attached hydrogens (tertiary/aromatic N) is 1. The molecule has 2 amide bonds. The van der Waals surface area contributed by atoms with Crippen LogP contribution in [-0.4, -0.2) is 22.3 Å². The standard InChI is InChI=1S/C16H16F3N3O3/c1-15(2,3)22-14(24)13(23)21-9-4-5-10(12-7-20-8-25-12)11(6-9)16(17,18)19/h4-8H,1-3H3,(H,21,23)(H,22,24). The minimum absolute atomic E-state index is 0.0596. The molecule has 25 heavy (non-hydrogen) atoms. The first-order chi connectivity index (χ1) is 11.5. The summed E-state index contributed by atoms with van der Waals surface area (Å²) < 4.78 is 44.8. The van der Waals surface area contributed by atoms with Gasteiger partial charge in [0.25, 0.3) is 0 Å². The molecule has 2 rings (SSSR count). The zero-order valence-electron chi connectivity index (χ0n) is 13.7. The summed E-state index contributed by atoms with van der Waals surface area (Å²) in [5, 5.41) is 4.57. The minimum Gasteiger partial charge on any atom is -0.444 e. The Balaban J connectivity index is 2.29. The molecule has 0 spiro atoms. The Morgan fingerprint density at radius 1 is 1.12 bits per heavy atom. The Bertz CT molecular complexity index is 778. The molecular formula is C16H16F3N3O3. The fourth-order valence-corrected chi connectivity index (χ4v) is 2.01. The maximum atomic E-state index is 13.3. The van der Waals surface area contributed by atoms with Crippen molar-refractivity contribution in [1.29, 1.82) is 0 Å². The van der Waals surface area contributed by atoms with Crippen molar-refractivity contribution in [3.63, 3.8) is 0 Å². The minimum atomic E-state index is -4.68. The number of hydrogen-bond acceptors (Lipinski definition) is 4. The lowest BCUT2D eigenvalue weighted by Gasteiger charge is -2.20. The van der Waals surface area contributed by atoms with Gasteiger partial charge in [-0.3, -0.25) is 9.59 Å². The highest BCUT2D eigenvalue weighted by Crippen LogP contribution is 2.38. The smallest absolute Gasteiger partial charge is 0.417 e. The van der Waals surface area contributed by atoms with Gasteiger partial charge >= 0.3 is 18.0 Å². The lowest BCUT2D eigenvalue weighted by atomic mass is 10.0. The predicted molar refractivity (Wildman–Crippen MR) is 83.5 cm³/mol. The molecule has 0 aliphatic heterocycles. The average Bonchev–Trinajstić information content (AvgIpc) is 2.98. The first-order valence-corrected chi connectivity index (χ1v) is 7.21. The largest absolute Gasteiger partial charge is 0.444 e. The molecule has 2 N–H and O–H groups in total. The zero-order chi connectivity index (χ0) is 18.8. The van der Waals surface area contributed by atoms with Crippen molar-refractivity contribution in [2.24, 2.45) is 0 Å². The molecule has 1 heterocycles. The monoisotopic (exact) mass is 355 g/mol. The van der Waals surface area contributed by atoms with Crippen LogP contribution in [-0.2, 0) is 15.8 Å². The summed E-state index contributed by atoms with van der Waals surface area (Å²) in [7, 11) is 0. The molecule has 1 aromatic carbocycles. The molecule has 2 aromatic rings. The van der Waals surface area contributed by atoms with Gasteiger partial charge in [0.2, 0.25) is 0 Å². The molecule has 6 nitrogen and oxygen atoms in total. The summed E-state index contributed by atoms with van der Waals surface area (Å²) in [5.41, 5.74) is -2.05. The quantitative estimate of drug-likeness (QED) is 0.810. The van der Waals surface area contributed by atoms with E-state index < -0.39 is 29.1 Å². The Hall–Kier alpha value is -2.84. The van der Waals surface area contributed by atoms with E-state index in [1.807, 2.05) is 0 Å². The third-order valence-electron chi connectivity index (χ3n) is 2.98. The molecule has 0 fully saturated rings. The van der Waals surface area contributed by atoms with Crippen molar-refractivity contribution in [1.82, 2.24) is 10.3 Å². The van der Waals surface area contributed by atoms with Crippen molar-refractivity contribution in [3.8, 4) is 11.3 Å². The second-order valence-corrected chi connectivity index (χ2v) is 6.28. The van der Waals surface area contributed by atoms with Crippen molar-refractivity contribution in [2.45, 2.75) is 32.5 Å². The molecule has 0 saturated heterocycles. The number of amides is 2. The number of anilines is 1. The summed E-state index contributed by atoms with van der Waals surface area (Å²) in [4.78, 5) is 27.2. The van der Waals surface area contributed by atoms with Crippen LogP contribution in [0.5, 0.6) is 0 Å². The second-order valence-electron chi connectivity index (χ2n) is 6.28. The van der Waals surface area contributed by atoms with E-state index in [9.17, 15) is 22.8 Å². The van der Waals surface area contributed by atoms with Gasteiger partial charge in [0, 0.05) is 16.8 Å². The molecule has 0 saturated carbocycles. The third-order valence-corrected chi connectivity index (χ3v) is 2.98. The Labute approximate surface area is 141 Å². The number of benzene rings is 1. The van der Waals surface area contributed by atoms with Crippen LogP contribution >= 0.6 is 0 Å². The van der Waals surface area contributed by atoms with Gasteiger partial charge < -0.3 is 15.1 Å². The molecule has 9 heteroatoms. The lowest BCUT2D eigenvalue weighted by Crippen LogP contribution is -2.46. The van der Waals surface area contributed by atoms with E-state index in [1.54, 1.807) is 20.8 Å². The van der Waals surface area contributed by atoms with Crippen LogP contribution in [0.1, 0.15) is 26.3 Å². The highest BCUT2D eigenvalue weighted by atomic mass is 19.4. The number of oxazole rings is 1. The van der Waals surface area contributed by atoms with Crippen LogP contribution in [0.4, 0.5) is 18.9 Å². The maximum absolute atomic E-state index is 13.3. The Morgan fingerprint density at radius 2 is 1.80 bits per heavy atom. The van der Waals surface area contributed by atoms with E-state index in [4.69, 9.17) is 4.42 Å². The average molecular weight is 355 g/mol. The number of alkyl halides is 3. The third kappa shape index (κ3) is 4.82. The molecule has 0 unspecified atom stereocenters. The number of carbonyl (C=O) groups excluding carboxylic acids is 2. The first-order valence-electron chi connectivity index (χ1n) is 7.21. The molecule has 0 aliphatic rings. The number of carbonyl (C=O) groups is 2. The Morgan fingerprint density at radius 3 is 2.32 bits per heavy atom. The van der Waals surface area contributed by atoms with E-state index in [1.165, 1.54) is 6.07 Å². The van der Waals surface area contributed by atoms with Gasteiger partial charge in [-0.1, -0.05) is 0 Å². The van der Waals surface area contributed by atoms with Crippen molar-refractivity contribution >= 4 is 17.5 Å². The molecule has 0 atom stereocenters. The number of halogens is 3. The number of nitrogens with one attached hydrogen (secondary N) is 2. The molecule has 134 valence electrons. The molecule has 0 aliphatic carbocycles. The van der Waals surface area contributed by atoms with Crippen LogP contribution in [0.25, 0.3) is 11.3 Å². The molecule has 0 bridgehead atoms. The van der Waals surface area contributed by atoms with Crippen molar-refractivity contribution in [2.75, 3.05) is 5.32 Å². The molecular weight excluding hydrogens is 339 g/mol. The van der Waals surface area contributed by atoms with E-state index >= 15 is 0 Å². The maximum Gasteiger partial charge on any atom is 0.417 e. The Kier molecular flexibility index (Phi) is 4.87. The van der Waals surface area contributed by atoms with E-state index in [0.29, 0.717) is 0 Å². The fraction of sp³-hybridized carbons (Fsp3) is 0.312. The van der Waals surface area contributed by atoms with Crippen LogP contribution in [0, 0.1) is 0 Å². The summed E-state index contributed by atoms with van der Waals surface area (Å²) in [6.45, 7) is 5.02. The van der Waals surface area contributed by atoms with Crippen LogP contribution in [0.15, 0.2) is 35.2 Å². The van der Waals surface area contributed by atoms with Crippen molar-refractivity contribution in [3.05, 3.63) is 36.4 Å². The van der Waals surface area contributed by atoms with Crippen LogP contribution < -0.4 is 10.6 Å². The second kappa shape index (κ2) is 6.58. The van der Waals surface area contributed by atoms with Gasteiger partial charge in [0.1, 0.15) is 0 Å². The van der Waals surface area contributed by atoms with E-state index in [2.05, 4.69) is 15.6 Å². The van der Waals surface area contributed by atoms with Crippen molar-refractivity contribution < 1.29 is 27.2 Å². The molecule has 1 aromatic heterocycles. The van der Waals surface area contributed by atoms with Gasteiger partial charge in [-0.15, -0.1) is 0 Å². The first kappa shape index (κ1) is 18.5. The summed E-state index contributed by atoms with van der Waals surface area (Å²) >= 11 is 0. The summed E-state index contributed by atoms with van der Waals surface area (Å²) in [5.74, 6) is -2.06. The van der Waals surface area contributed by atoms with E-state index in [-0.39, 0.29) is 17.0 Å². The van der Waals surface area contributed by atoms with Gasteiger partial charge in [0.05, 0.1) is 11.8 Å². The number of rotatable bonds is 2. The van der Waals surface area contributed by atoms with E-state index in [0.717, 1.165) is 24.7 Å². The normalized spacial score (nSPS) is 11.9. The molecule has 0 radical (unpaired) electrons. The van der Waals surface area contributed by atoms with Crippen LogP contribution in [0.3, 0.4) is 0 Å². The SMILES string of the molecule is CC(C)(C)NC(=O)C(=O)Nc1ccc(-c2cnco2)c(C(F)(F)F)c1. The van der Waals surface area contributed by atoms with Crippen LogP contribution in [0.2, 0.25) is 0 Å².